The van der Waals surface area contributed by atoms with E-state index in [4.69, 9.17) is 0 Å². The average Bonchev–Trinajstić information content (AvgIpc) is 2.79. The highest BCUT2D eigenvalue weighted by Crippen LogP contribution is 2.18. The standard InChI is InChI=1S/C14H26N2/c1-12(2)16-9-5-6-13(11-16)10-15-14-7-3-4-8-14/h6,12,14-15H,3-5,7-11H2,1-2H3. The molecule has 0 atom stereocenters. The largest absolute Gasteiger partial charge is 0.310 e. The van der Waals surface area contributed by atoms with Crippen molar-refractivity contribution in [2.75, 3.05) is 19.6 Å². The lowest BCUT2D eigenvalue weighted by atomic mass is 10.1. The van der Waals surface area contributed by atoms with Gasteiger partial charge in [0.05, 0.1) is 0 Å². The summed E-state index contributed by atoms with van der Waals surface area (Å²) in [6.45, 7) is 8.14. The van der Waals surface area contributed by atoms with Gasteiger partial charge in [0.2, 0.25) is 0 Å². The fourth-order valence-corrected chi connectivity index (χ4v) is 2.81. The van der Waals surface area contributed by atoms with Gasteiger partial charge >= 0.3 is 0 Å². The number of nitrogens with one attached hydrogen (secondary N) is 1. The topological polar surface area (TPSA) is 15.3 Å². The zero-order chi connectivity index (χ0) is 11.4. The van der Waals surface area contributed by atoms with Crippen molar-refractivity contribution in [3.63, 3.8) is 0 Å². The number of rotatable bonds is 4. The molecule has 1 aliphatic carbocycles. The van der Waals surface area contributed by atoms with Crippen LogP contribution in [-0.2, 0) is 0 Å². The lowest BCUT2D eigenvalue weighted by molar-refractivity contribution is 0.233. The molecule has 2 nitrogen and oxygen atoms in total. The number of hydrogen-bond acceptors (Lipinski definition) is 2. The molecule has 0 aromatic carbocycles. The minimum atomic E-state index is 0.690. The van der Waals surface area contributed by atoms with Crippen LogP contribution in [0, 0.1) is 0 Å². The molecule has 1 saturated carbocycles. The Morgan fingerprint density at radius 1 is 1.38 bits per heavy atom. The predicted octanol–water partition coefficient (Wildman–Crippen LogP) is 2.56. The normalized spacial score (nSPS) is 24.1. The van der Waals surface area contributed by atoms with Crippen LogP contribution in [0.3, 0.4) is 0 Å². The SMILES string of the molecule is CC(C)N1CCC=C(CNC2CCCC2)C1. The number of nitrogens with zero attached hydrogens (tertiary/aromatic N) is 1. The number of hydrogen-bond donors (Lipinski definition) is 1. The quantitative estimate of drug-likeness (QED) is 0.735. The van der Waals surface area contributed by atoms with E-state index in [0.29, 0.717) is 6.04 Å². The van der Waals surface area contributed by atoms with Gasteiger partial charge in [0.1, 0.15) is 0 Å². The van der Waals surface area contributed by atoms with Gasteiger partial charge in [-0.05, 0) is 38.7 Å². The first-order chi connectivity index (χ1) is 7.75. The molecule has 0 aromatic rings. The Morgan fingerprint density at radius 3 is 2.81 bits per heavy atom. The third kappa shape index (κ3) is 3.33. The van der Waals surface area contributed by atoms with Gasteiger partial charge in [-0.1, -0.05) is 18.9 Å². The van der Waals surface area contributed by atoms with Gasteiger partial charge < -0.3 is 5.32 Å². The molecule has 0 aromatic heterocycles. The highest BCUT2D eigenvalue weighted by molar-refractivity contribution is 5.10. The van der Waals surface area contributed by atoms with Gasteiger partial charge in [0, 0.05) is 31.7 Å². The van der Waals surface area contributed by atoms with Crippen LogP contribution in [0.15, 0.2) is 11.6 Å². The Bertz CT molecular complexity index is 239. The molecule has 1 N–H and O–H groups in total. The average molecular weight is 222 g/mol. The molecule has 2 heteroatoms. The summed E-state index contributed by atoms with van der Waals surface area (Å²) < 4.78 is 0. The first-order valence-electron chi connectivity index (χ1n) is 6.91. The Morgan fingerprint density at radius 2 is 2.12 bits per heavy atom. The van der Waals surface area contributed by atoms with E-state index in [1.807, 2.05) is 0 Å². The first-order valence-corrected chi connectivity index (χ1v) is 6.91. The smallest absolute Gasteiger partial charge is 0.0208 e. The minimum absolute atomic E-state index is 0.690. The van der Waals surface area contributed by atoms with Crippen LogP contribution < -0.4 is 5.32 Å². The van der Waals surface area contributed by atoms with Crippen LogP contribution in [0.5, 0.6) is 0 Å². The molecule has 0 saturated heterocycles. The van der Waals surface area contributed by atoms with E-state index in [1.165, 1.54) is 45.2 Å². The maximum Gasteiger partial charge on any atom is 0.0208 e. The Hall–Kier alpha value is -0.340. The lowest BCUT2D eigenvalue weighted by Crippen LogP contribution is -2.39. The summed E-state index contributed by atoms with van der Waals surface area (Å²) in [4.78, 5) is 2.58. The second-order valence-corrected chi connectivity index (χ2v) is 5.58. The zero-order valence-corrected chi connectivity index (χ0v) is 10.8. The summed E-state index contributed by atoms with van der Waals surface area (Å²) >= 11 is 0. The predicted molar refractivity (Wildman–Crippen MR) is 69.7 cm³/mol. The van der Waals surface area contributed by atoms with Gasteiger partial charge in [-0.2, -0.15) is 0 Å². The second kappa shape index (κ2) is 5.83. The van der Waals surface area contributed by atoms with Crippen LogP contribution in [0.4, 0.5) is 0 Å². The summed E-state index contributed by atoms with van der Waals surface area (Å²) in [6, 6.07) is 1.49. The molecular weight excluding hydrogens is 196 g/mol. The Kier molecular flexibility index (Phi) is 4.42. The summed E-state index contributed by atoms with van der Waals surface area (Å²) in [5.74, 6) is 0. The van der Waals surface area contributed by atoms with Crippen LogP contribution in [0.1, 0.15) is 46.0 Å². The van der Waals surface area contributed by atoms with Gasteiger partial charge in [0.25, 0.3) is 0 Å². The fourth-order valence-electron chi connectivity index (χ4n) is 2.81. The van der Waals surface area contributed by atoms with Crippen molar-refractivity contribution in [3.8, 4) is 0 Å². The molecule has 0 unspecified atom stereocenters. The second-order valence-electron chi connectivity index (χ2n) is 5.58. The summed E-state index contributed by atoms with van der Waals surface area (Å²) in [7, 11) is 0. The molecule has 1 fully saturated rings. The minimum Gasteiger partial charge on any atom is -0.310 e. The monoisotopic (exact) mass is 222 g/mol. The van der Waals surface area contributed by atoms with Crippen molar-refractivity contribution in [2.45, 2.75) is 58.0 Å². The molecule has 0 amide bonds. The zero-order valence-electron chi connectivity index (χ0n) is 10.8. The molecule has 16 heavy (non-hydrogen) atoms. The van der Waals surface area contributed by atoms with E-state index in [2.05, 4.69) is 30.1 Å². The van der Waals surface area contributed by atoms with E-state index < -0.39 is 0 Å². The Labute approximate surface area is 100 Å². The van der Waals surface area contributed by atoms with Crippen molar-refractivity contribution in [1.29, 1.82) is 0 Å². The van der Waals surface area contributed by atoms with E-state index >= 15 is 0 Å². The summed E-state index contributed by atoms with van der Waals surface area (Å²) in [6.07, 6.45) is 9.31. The molecule has 0 spiro atoms. The summed E-state index contributed by atoms with van der Waals surface area (Å²) in [5.41, 5.74) is 1.60. The molecule has 92 valence electrons. The van der Waals surface area contributed by atoms with E-state index in [0.717, 1.165) is 12.6 Å². The van der Waals surface area contributed by atoms with E-state index in [1.54, 1.807) is 5.57 Å². The van der Waals surface area contributed by atoms with Crippen molar-refractivity contribution in [1.82, 2.24) is 10.2 Å². The first kappa shape index (κ1) is 12.1. The molecule has 1 heterocycles. The van der Waals surface area contributed by atoms with Gasteiger partial charge in [0.15, 0.2) is 0 Å². The summed E-state index contributed by atoms with van der Waals surface area (Å²) in [5, 5.41) is 3.72. The maximum atomic E-state index is 3.72. The van der Waals surface area contributed by atoms with Gasteiger partial charge in [-0.3, -0.25) is 4.90 Å². The van der Waals surface area contributed by atoms with Crippen molar-refractivity contribution in [3.05, 3.63) is 11.6 Å². The molecule has 0 bridgehead atoms. The third-order valence-electron chi connectivity index (χ3n) is 3.96. The fraction of sp³-hybridized carbons (Fsp3) is 0.857. The van der Waals surface area contributed by atoms with E-state index in [-0.39, 0.29) is 0 Å². The molecule has 2 aliphatic rings. The van der Waals surface area contributed by atoms with Crippen LogP contribution in [0.25, 0.3) is 0 Å². The van der Waals surface area contributed by atoms with Crippen LogP contribution in [-0.4, -0.2) is 36.6 Å². The van der Waals surface area contributed by atoms with Crippen molar-refractivity contribution < 1.29 is 0 Å². The van der Waals surface area contributed by atoms with Gasteiger partial charge in [-0.15, -0.1) is 0 Å². The highest BCUT2D eigenvalue weighted by Gasteiger charge is 2.17. The molecule has 1 aliphatic heterocycles. The van der Waals surface area contributed by atoms with Crippen molar-refractivity contribution in [2.24, 2.45) is 0 Å². The molecule has 2 rings (SSSR count). The van der Waals surface area contributed by atoms with Gasteiger partial charge in [-0.25, -0.2) is 0 Å². The Balaban J connectivity index is 1.74. The van der Waals surface area contributed by atoms with Crippen molar-refractivity contribution >= 4 is 0 Å². The van der Waals surface area contributed by atoms with Crippen LogP contribution in [0.2, 0.25) is 0 Å². The third-order valence-corrected chi connectivity index (χ3v) is 3.96. The highest BCUT2D eigenvalue weighted by atomic mass is 15.1. The van der Waals surface area contributed by atoms with Crippen LogP contribution >= 0.6 is 0 Å². The lowest BCUT2D eigenvalue weighted by Gasteiger charge is -2.31. The molecular formula is C14H26N2. The van der Waals surface area contributed by atoms with E-state index in [9.17, 15) is 0 Å². The molecule has 0 radical (unpaired) electrons. The maximum absolute atomic E-state index is 3.72.